The highest BCUT2D eigenvalue weighted by molar-refractivity contribution is 6.63. The van der Waals surface area contributed by atoms with Crippen LogP contribution in [0.15, 0.2) is 0 Å². The van der Waals surface area contributed by atoms with Crippen molar-refractivity contribution in [3.63, 3.8) is 0 Å². The molecule has 0 fully saturated rings. The van der Waals surface area contributed by atoms with Crippen LogP contribution >= 0.6 is 11.6 Å². The summed E-state index contributed by atoms with van der Waals surface area (Å²) in [6.45, 7) is 5.36. The van der Waals surface area contributed by atoms with E-state index in [0.717, 1.165) is 6.42 Å². The van der Waals surface area contributed by atoms with E-state index in [-0.39, 0.29) is 11.2 Å². The monoisotopic (exact) mass is 194 g/mol. The SMILES string of the molecule is CC(C)C(=O)Cl.CCCC(=O)O. The van der Waals surface area contributed by atoms with Gasteiger partial charge >= 0.3 is 5.97 Å². The fourth-order valence-corrected chi connectivity index (χ4v) is 0.214. The van der Waals surface area contributed by atoms with Gasteiger partial charge in [0.2, 0.25) is 5.24 Å². The van der Waals surface area contributed by atoms with E-state index in [1.807, 2.05) is 6.92 Å². The molecule has 0 saturated heterocycles. The molecule has 0 amide bonds. The molecule has 0 heterocycles. The van der Waals surface area contributed by atoms with Gasteiger partial charge in [-0.05, 0) is 18.0 Å². The maximum Gasteiger partial charge on any atom is 0.303 e. The molecule has 0 atom stereocenters. The van der Waals surface area contributed by atoms with Crippen molar-refractivity contribution in [1.82, 2.24) is 0 Å². The molecule has 1 N–H and O–H groups in total. The van der Waals surface area contributed by atoms with Crippen LogP contribution in [0.1, 0.15) is 33.6 Å². The Morgan fingerprint density at radius 3 is 1.75 bits per heavy atom. The third kappa shape index (κ3) is 16.2. The zero-order valence-corrected chi connectivity index (χ0v) is 8.39. The van der Waals surface area contributed by atoms with Gasteiger partial charge in [-0.1, -0.05) is 20.8 Å². The van der Waals surface area contributed by atoms with E-state index < -0.39 is 5.97 Å². The molecule has 0 spiro atoms. The molecular formula is C8H15ClO3. The van der Waals surface area contributed by atoms with Gasteiger partial charge in [-0.25, -0.2) is 0 Å². The second kappa shape index (κ2) is 8.53. The molecule has 0 radical (unpaired) electrons. The number of rotatable bonds is 3. The molecule has 72 valence electrons. The predicted octanol–water partition coefficient (Wildman–Crippen LogP) is 2.28. The maximum atomic E-state index is 9.91. The Balaban J connectivity index is 0. The van der Waals surface area contributed by atoms with Crippen molar-refractivity contribution in [2.24, 2.45) is 5.92 Å². The fourth-order valence-electron chi connectivity index (χ4n) is 0.214. The largest absolute Gasteiger partial charge is 0.481 e. The van der Waals surface area contributed by atoms with Crippen molar-refractivity contribution in [3.8, 4) is 0 Å². The number of hydrogen-bond donors (Lipinski definition) is 1. The highest BCUT2D eigenvalue weighted by Gasteiger charge is 1.98. The van der Waals surface area contributed by atoms with E-state index in [1.165, 1.54) is 0 Å². The first-order valence-electron chi connectivity index (χ1n) is 3.82. The van der Waals surface area contributed by atoms with Crippen LogP contribution in [0.4, 0.5) is 0 Å². The second-order valence-corrected chi connectivity index (χ2v) is 2.98. The van der Waals surface area contributed by atoms with Crippen molar-refractivity contribution in [2.45, 2.75) is 33.6 Å². The minimum absolute atomic E-state index is 0.0216. The van der Waals surface area contributed by atoms with Crippen LogP contribution in [0.5, 0.6) is 0 Å². The lowest BCUT2D eigenvalue weighted by molar-refractivity contribution is -0.137. The molecule has 0 aliphatic carbocycles. The molecule has 0 bridgehead atoms. The molecule has 4 heteroatoms. The Labute approximate surface area is 77.7 Å². The first-order chi connectivity index (χ1) is 5.41. The van der Waals surface area contributed by atoms with Gasteiger partial charge in [-0.3, -0.25) is 9.59 Å². The number of carboxylic acids is 1. The summed E-state index contributed by atoms with van der Waals surface area (Å²) in [4.78, 5) is 19.5. The van der Waals surface area contributed by atoms with Crippen LogP contribution in [0, 0.1) is 5.92 Å². The van der Waals surface area contributed by atoms with Crippen LogP contribution in [0.2, 0.25) is 0 Å². The number of aliphatic carboxylic acids is 1. The summed E-state index contributed by atoms with van der Waals surface area (Å²) in [5, 5.41) is 7.64. The standard InChI is InChI=1S/C4H7ClO.C4H8O2/c1-3(2)4(5)6;1-2-3-4(5)6/h3H,1-2H3;2-3H2,1H3,(H,5,6). The Hall–Kier alpha value is -0.570. The third-order valence-corrected chi connectivity index (χ3v) is 1.35. The Morgan fingerprint density at radius 1 is 1.42 bits per heavy atom. The molecular weight excluding hydrogens is 180 g/mol. The third-order valence-electron chi connectivity index (χ3n) is 0.918. The molecule has 0 rings (SSSR count). The average molecular weight is 195 g/mol. The summed E-state index contributed by atoms with van der Waals surface area (Å²) in [6.07, 6.45) is 1.02. The average Bonchev–Trinajstić information content (AvgIpc) is 1.87. The summed E-state index contributed by atoms with van der Waals surface area (Å²) in [5.41, 5.74) is 0. The van der Waals surface area contributed by atoms with Crippen LogP contribution in [-0.2, 0) is 9.59 Å². The van der Waals surface area contributed by atoms with E-state index in [1.54, 1.807) is 13.8 Å². The van der Waals surface area contributed by atoms with E-state index in [4.69, 9.17) is 16.7 Å². The van der Waals surface area contributed by atoms with Crippen molar-refractivity contribution in [1.29, 1.82) is 0 Å². The zero-order valence-electron chi connectivity index (χ0n) is 7.63. The molecule has 0 aromatic heterocycles. The van der Waals surface area contributed by atoms with Crippen LogP contribution in [0.25, 0.3) is 0 Å². The van der Waals surface area contributed by atoms with E-state index >= 15 is 0 Å². The molecule has 0 aromatic rings. The van der Waals surface area contributed by atoms with Crippen molar-refractivity contribution in [3.05, 3.63) is 0 Å². The van der Waals surface area contributed by atoms with Crippen molar-refractivity contribution in [2.75, 3.05) is 0 Å². The summed E-state index contributed by atoms with van der Waals surface area (Å²) in [5.74, 6) is -0.732. The van der Waals surface area contributed by atoms with E-state index in [2.05, 4.69) is 0 Å². The molecule has 0 aromatic carbocycles. The number of carboxylic acid groups (broad SMARTS) is 1. The highest BCUT2D eigenvalue weighted by Crippen LogP contribution is 1.95. The molecule has 0 aliphatic rings. The smallest absolute Gasteiger partial charge is 0.303 e. The highest BCUT2D eigenvalue weighted by atomic mass is 35.5. The fraction of sp³-hybridized carbons (Fsp3) is 0.750. The second-order valence-electron chi connectivity index (χ2n) is 2.60. The van der Waals surface area contributed by atoms with Crippen LogP contribution in [0.3, 0.4) is 0 Å². The lowest BCUT2D eigenvalue weighted by atomic mass is 10.3. The summed E-state index contributed by atoms with van der Waals surface area (Å²) in [6, 6.07) is 0. The van der Waals surface area contributed by atoms with Crippen molar-refractivity contribution < 1.29 is 14.7 Å². The van der Waals surface area contributed by atoms with Gasteiger partial charge in [0.25, 0.3) is 0 Å². The Bertz CT molecular complexity index is 143. The number of carbonyl (C=O) groups excluding carboxylic acids is 1. The number of carbonyl (C=O) groups is 2. The molecule has 0 saturated carbocycles. The summed E-state index contributed by atoms with van der Waals surface area (Å²) < 4.78 is 0. The summed E-state index contributed by atoms with van der Waals surface area (Å²) >= 11 is 4.97. The van der Waals surface area contributed by atoms with Gasteiger partial charge in [0.05, 0.1) is 0 Å². The molecule has 12 heavy (non-hydrogen) atoms. The maximum absolute atomic E-state index is 9.91. The first kappa shape index (κ1) is 14.0. The van der Waals surface area contributed by atoms with Gasteiger partial charge < -0.3 is 5.11 Å². The first-order valence-corrected chi connectivity index (χ1v) is 4.20. The van der Waals surface area contributed by atoms with Gasteiger partial charge in [-0.15, -0.1) is 0 Å². The van der Waals surface area contributed by atoms with E-state index in [0.29, 0.717) is 6.42 Å². The van der Waals surface area contributed by atoms with Gasteiger partial charge in [0, 0.05) is 12.3 Å². The topological polar surface area (TPSA) is 54.4 Å². The summed E-state index contributed by atoms with van der Waals surface area (Å²) in [7, 11) is 0. The van der Waals surface area contributed by atoms with Crippen LogP contribution in [-0.4, -0.2) is 16.3 Å². The van der Waals surface area contributed by atoms with Gasteiger partial charge in [-0.2, -0.15) is 0 Å². The van der Waals surface area contributed by atoms with Crippen LogP contribution < -0.4 is 0 Å². The Morgan fingerprint density at radius 2 is 1.75 bits per heavy atom. The molecule has 3 nitrogen and oxygen atoms in total. The molecule has 0 unspecified atom stereocenters. The quantitative estimate of drug-likeness (QED) is 0.702. The van der Waals surface area contributed by atoms with Gasteiger partial charge in [0.1, 0.15) is 0 Å². The minimum atomic E-state index is -0.711. The molecule has 0 aliphatic heterocycles. The van der Waals surface area contributed by atoms with E-state index in [9.17, 15) is 9.59 Å². The lowest BCUT2D eigenvalue weighted by Crippen LogP contribution is -1.95. The van der Waals surface area contributed by atoms with Crippen molar-refractivity contribution >= 4 is 22.8 Å². The lowest BCUT2D eigenvalue weighted by Gasteiger charge is -1.88. The Kier molecular flexibility index (Phi) is 9.93. The number of hydrogen-bond acceptors (Lipinski definition) is 2. The van der Waals surface area contributed by atoms with Gasteiger partial charge in [0.15, 0.2) is 0 Å². The number of halogens is 1. The minimum Gasteiger partial charge on any atom is -0.481 e. The zero-order chi connectivity index (χ0) is 10.1. The normalized spacial score (nSPS) is 8.75. The predicted molar refractivity (Wildman–Crippen MR) is 48.2 cm³/mol.